The van der Waals surface area contributed by atoms with E-state index in [2.05, 4.69) is 20.9 Å². The van der Waals surface area contributed by atoms with Crippen molar-refractivity contribution in [2.45, 2.75) is 27.7 Å². The fourth-order valence-electron chi connectivity index (χ4n) is 3.83. The first kappa shape index (κ1) is 26.4. The van der Waals surface area contributed by atoms with Crippen LogP contribution in [0.3, 0.4) is 0 Å². The third-order valence-corrected chi connectivity index (χ3v) is 6.55. The number of nitrogens with zero attached hydrogens (tertiary/aromatic N) is 2. The fourth-order valence-corrected chi connectivity index (χ4v) is 4.28. The highest BCUT2D eigenvalue weighted by molar-refractivity contribution is 6.33. The minimum absolute atomic E-state index is 0.276. The topological polar surface area (TPSA) is 110 Å². The molecule has 0 unspecified atom stereocenters. The first-order valence-electron chi connectivity index (χ1n) is 11.6. The van der Waals surface area contributed by atoms with E-state index < -0.39 is 5.41 Å². The van der Waals surface area contributed by atoms with E-state index in [9.17, 15) is 9.59 Å². The van der Waals surface area contributed by atoms with Gasteiger partial charge < -0.3 is 19.7 Å². The van der Waals surface area contributed by atoms with Crippen molar-refractivity contribution in [3.05, 3.63) is 81.2 Å². The van der Waals surface area contributed by atoms with E-state index in [1.54, 1.807) is 50.2 Å². The molecule has 0 radical (unpaired) electrons. The third-order valence-electron chi connectivity index (χ3n) is 5.89. The summed E-state index contributed by atoms with van der Waals surface area (Å²) < 4.78 is 10.6. The molecule has 0 aliphatic rings. The molecule has 0 saturated carbocycles. The van der Waals surface area contributed by atoms with E-state index in [1.807, 2.05) is 26.0 Å². The molecule has 2 aromatic heterocycles. The van der Waals surface area contributed by atoms with Gasteiger partial charge in [-0.05, 0) is 31.4 Å². The van der Waals surface area contributed by atoms with E-state index >= 15 is 0 Å². The Morgan fingerprint density at radius 3 is 1.51 bits per heavy atom. The molecule has 0 fully saturated rings. The molecule has 8 nitrogen and oxygen atoms in total. The molecular formula is C27H26Cl2N4O4. The number of rotatable bonds is 8. The molecule has 0 aliphatic heterocycles. The van der Waals surface area contributed by atoms with Gasteiger partial charge in [0.05, 0.1) is 10.0 Å². The average molecular weight is 541 g/mol. The lowest BCUT2D eigenvalue weighted by Gasteiger charge is -2.25. The number of carbonyl (C=O) groups excluding carboxylic acids is 2. The zero-order valence-electron chi connectivity index (χ0n) is 20.8. The van der Waals surface area contributed by atoms with Gasteiger partial charge in [0.15, 0.2) is 0 Å². The number of amides is 2. The van der Waals surface area contributed by atoms with Crippen LogP contribution in [0.25, 0.3) is 22.5 Å². The van der Waals surface area contributed by atoms with Crippen molar-refractivity contribution in [1.82, 2.24) is 20.9 Å². The normalized spacial score (nSPS) is 11.4. The summed E-state index contributed by atoms with van der Waals surface area (Å²) in [6.07, 6.45) is 0. The van der Waals surface area contributed by atoms with E-state index in [4.69, 9.17) is 32.2 Å². The van der Waals surface area contributed by atoms with Gasteiger partial charge in [-0.25, -0.2) is 0 Å². The van der Waals surface area contributed by atoms with E-state index in [-0.39, 0.29) is 24.9 Å². The first-order chi connectivity index (χ1) is 17.6. The molecule has 192 valence electrons. The van der Waals surface area contributed by atoms with Crippen LogP contribution in [0, 0.1) is 19.3 Å². The van der Waals surface area contributed by atoms with E-state index in [1.165, 1.54) is 0 Å². The molecule has 0 spiro atoms. The van der Waals surface area contributed by atoms with Crippen LogP contribution in [-0.2, 0) is 0 Å². The third kappa shape index (κ3) is 5.70. The lowest BCUT2D eigenvalue weighted by atomic mass is 9.92. The van der Waals surface area contributed by atoms with Gasteiger partial charge in [-0.15, -0.1) is 0 Å². The van der Waals surface area contributed by atoms with Crippen molar-refractivity contribution in [3.63, 3.8) is 0 Å². The minimum Gasteiger partial charge on any atom is -0.360 e. The van der Waals surface area contributed by atoms with Crippen LogP contribution in [0.4, 0.5) is 0 Å². The fraction of sp³-hybridized carbons (Fsp3) is 0.259. The lowest BCUT2D eigenvalue weighted by molar-refractivity contribution is 0.0919. The summed E-state index contributed by atoms with van der Waals surface area (Å²) >= 11 is 12.6. The van der Waals surface area contributed by atoms with Crippen LogP contribution in [0.15, 0.2) is 57.6 Å². The molecule has 2 aromatic carbocycles. The van der Waals surface area contributed by atoms with Crippen LogP contribution in [0.2, 0.25) is 10.0 Å². The van der Waals surface area contributed by atoms with Gasteiger partial charge in [0.2, 0.25) is 0 Å². The zero-order chi connectivity index (χ0) is 26.7. The Balaban J connectivity index is 1.43. The number of hydrogen-bond acceptors (Lipinski definition) is 6. The monoisotopic (exact) mass is 540 g/mol. The summed E-state index contributed by atoms with van der Waals surface area (Å²) in [7, 11) is 0. The molecule has 0 saturated heterocycles. The van der Waals surface area contributed by atoms with Gasteiger partial charge in [0.1, 0.15) is 34.0 Å². The minimum atomic E-state index is -0.490. The number of carbonyl (C=O) groups is 2. The number of aryl methyl sites for hydroxylation is 2. The second-order valence-corrected chi connectivity index (χ2v) is 10.2. The molecule has 37 heavy (non-hydrogen) atoms. The van der Waals surface area contributed by atoms with Crippen molar-refractivity contribution < 1.29 is 18.6 Å². The number of benzene rings is 2. The zero-order valence-corrected chi connectivity index (χ0v) is 22.3. The maximum Gasteiger partial charge on any atom is 0.257 e. The molecule has 4 aromatic rings. The Kier molecular flexibility index (Phi) is 7.71. The van der Waals surface area contributed by atoms with E-state index in [0.717, 1.165) is 0 Å². The van der Waals surface area contributed by atoms with Gasteiger partial charge in [0.25, 0.3) is 11.8 Å². The van der Waals surface area contributed by atoms with Gasteiger partial charge in [0, 0.05) is 24.2 Å². The van der Waals surface area contributed by atoms with Crippen LogP contribution in [0.1, 0.15) is 46.1 Å². The quantitative estimate of drug-likeness (QED) is 0.279. The highest BCUT2D eigenvalue weighted by Crippen LogP contribution is 2.32. The Bertz CT molecular complexity index is 1350. The summed E-state index contributed by atoms with van der Waals surface area (Å²) in [5.74, 6) is 0.0787. The van der Waals surface area contributed by atoms with Gasteiger partial charge in [-0.3, -0.25) is 9.59 Å². The van der Waals surface area contributed by atoms with Crippen LogP contribution >= 0.6 is 23.2 Å². The van der Waals surface area contributed by atoms with Crippen molar-refractivity contribution >= 4 is 35.0 Å². The molecule has 0 aliphatic carbocycles. The lowest BCUT2D eigenvalue weighted by Crippen LogP contribution is -2.42. The molecule has 2 heterocycles. The standard InChI is InChI=1S/C27H26Cl2N4O4/c1-15-21(23(32-36-15)17-9-5-7-11-19(17)28)25(34)30-13-27(3,4)14-31-26(35)22-16(2)37-33-24(22)18-10-6-8-12-20(18)29/h5-12H,13-14H2,1-4H3,(H,30,34)(H,31,35). The van der Waals surface area contributed by atoms with Gasteiger partial charge in [-0.2, -0.15) is 0 Å². The highest BCUT2D eigenvalue weighted by Gasteiger charge is 2.28. The predicted molar refractivity (Wildman–Crippen MR) is 142 cm³/mol. The Labute approximate surface area is 224 Å². The number of aromatic nitrogens is 2. The second-order valence-electron chi connectivity index (χ2n) is 9.41. The van der Waals surface area contributed by atoms with E-state index in [0.29, 0.717) is 55.2 Å². The number of nitrogens with one attached hydrogen (secondary N) is 2. The molecule has 2 N–H and O–H groups in total. The summed E-state index contributed by atoms with van der Waals surface area (Å²) in [5, 5.41) is 14.9. The predicted octanol–water partition coefficient (Wildman–Crippen LogP) is 6.11. The van der Waals surface area contributed by atoms with Crippen molar-refractivity contribution in [3.8, 4) is 22.5 Å². The summed E-state index contributed by atoms with van der Waals surface area (Å²) in [6, 6.07) is 14.2. The molecule has 2 amide bonds. The molecule has 4 rings (SSSR count). The number of halogens is 2. The van der Waals surface area contributed by atoms with Gasteiger partial charge >= 0.3 is 0 Å². The molecular weight excluding hydrogens is 515 g/mol. The SMILES string of the molecule is Cc1onc(-c2ccccc2Cl)c1C(=O)NCC(C)(C)CNC(=O)c1c(-c2ccccc2Cl)noc1C. The smallest absolute Gasteiger partial charge is 0.257 e. The number of hydrogen-bond donors (Lipinski definition) is 2. The molecule has 0 bridgehead atoms. The van der Waals surface area contributed by atoms with Crippen molar-refractivity contribution in [2.75, 3.05) is 13.1 Å². The average Bonchev–Trinajstić information content (AvgIpc) is 3.44. The van der Waals surface area contributed by atoms with Crippen molar-refractivity contribution in [2.24, 2.45) is 5.41 Å². The summed E-state index contributed by atoms with van der Waals surface area (Å²) in [4.78, 5) is 26.2. The van der Waals surface area contributed by atoms with Crippen molar-refractivity contribution in [1.29, 1.82) is 0 Å². The van der Waals surface area contributed by atoms with Crippen LogP contribution in [0.5, 0.6) is 0 Å². The Hall–Kier alpha value is -3.62. The van der Waals surface area contributed by atoms with Crippen LogP contribution in [-0.4, -0.2) is 35.2 Å². The largest absolute Gasteiger partial charge is 0.360 e. The van der Waals surface area contributed by atoms with Crippen LogP contribution < -0.4 is 10.6 Å². The highest BCUT2D eigenvalue weighted by atomic mass is 35.5. The Morgan fingerprint density at radius 1 is 0.757 bits per heavy atom. The molecule has 0 atom stereocenters. The summed E-state index contributed by atoms with van der Waals surface area (Å²) in [6.45, 7) is 7.76. The second kappa shape index (κ2) is 10.8. The van der Waals surface area contributed by atoms with Gasteiger partial charge in [-0.1, -0.05) is 83.8 Å². The summed E-state index contributed by atoms with van der Waals surface area (Å²) in [5.41, 5.74) is 2.11. The Morgan fingerprint density at radius 2 is 1.14 bits per heavy atom. The molecule has 10 heteroatoms. The maximum atomic E-state index is 13.1. The first-order valence-corrected chi connectivity index (χ1v) is 12.3. The maximum absolute atomic E-state index is 13.1.